The molecule has 1 saturated heterocycles. The van der Waals surface area contributed by atoms with E-state index in [0.717, 1.165) is 38.2 Å². The normalized spacial score (nSPS) is 23.2. The zero-order valence-corrected chi connectivity index (χ0v) is 9.22. The van der Waals surface area contributed by atoms with E-state index in [-0.39, 0.29) is 6.04 Å². The average molecular weight is 209 g/mol. The fourth-order valence-electron chi connectivity index (χ4n) is 1.85. The predicted molar refractivity (Wildman–Crippen MR) is 58.7 cm³/mol. The molecule has 1 aliphatic heterocycles. The van der Waals surface area contributed by atoms with Gasteiger partial charge in [0, 0.05) is 25.3 Å². The van der Waals surface area contributed by atoms with Crippen LogP contribution in [0.2, 0.25) is 0 Å². The van der Waals surface area contributed by atoms with Crippen molar-refractivity contribution in [2.45, 2.75) is 38.3 Å². The van der Waals surface area contributed by atoms with Gasteiger partial charge in [0.1, 0.15) is 0 Å². The van der Waals surface area contributed by atoms with Crippen LogP contribution in [-0.2, 0) is 11.2 Å². The van der Waals surface area contributed by atoms with Crippen LogP contribution in [0.5, 0.6) is 0 Å². The number of imidazole rings is 1. The van der Waals surface area contributed by atoms with E-state index < -0.39 is 0 Å². The van der Waals surface area contributed by atoms with Crippen molar-refractivity contribution >= 4 is 0 Å². The van der Waals surface area contributed by atoms with Crippen LogP contribution in [0.25, 0.3) is 0 Å². The van der Waals surface area contributed by atoms with Gasteiger partial charge in [0.2, 0.25) is 0 Å². The van der Waals surface area contributed by atoms with Crippen molar-refractivity contribution in [3.8, 4) is 0 Å². The van der Waals surface area contributed by atoms with Crippen molar-refractivity contribution in [3.05, 3.63) is 18.2 Å². The Morgan fingerprint density at radius 3 is 3.27 bits per heavy atom. The van der Waals surface area contributed by atoms with E-state index in [1.54, 1.807) is 0 Å². The molecule has 0 aromatic carbocycles. The van der Waals surface area contributed by atoms with E-state index in [4.69, 9.17) is 10.5 Å². The highest BCUT2D eigenvalue weighted by molar-refractivity contribution is 5.00. The van der Waals surface area contributed by atoms with Crippen LogP contribution in [0.15, 0.2) is 12.5 Å². The molecule has 0 bridgehead atoms. The maximum atomic E-state index is 5.89. The third kappa shape index (κ3) is 2.58. The van der Waals surface area contributed by atoms with Crippen LogP contribution >= 0.6 is 0 Å². The topological polar surface area (TPSA) is 53.1 Å². The number of nitrogens with zero attached hydrogens (tertiary/aromatic N) is 2. The molecule has 0 radical (unpaired) electrons. The van der Waals surface area contributed by atoms with E-state index in [1.807, 2.05) is 6.33 Å². The molecule has 0 saturated carbocycles. The standard InChI is InChI=1S/C11H19N3O/c1-2-9(12)5-10-6-14(8-13-10)11-3-4-15-7-11/h6,8-9,11H,2-5,7,12H2,1H3. The van der Waals surface area contributed by atoms with Gasteiger partial charge in [-0.2, -0.15) is 0 Å². The van der Waals surface area contributed by atoms with Crippen LogP contribution in [0.1, 0.15) is 31.5 Å². The van der Waals surface area contributed by atoms with Crippen molar-refractivity contribution in [3.63, 3.8) is 0 Å². The summed E-state index contributed by atoms with van der Waals surface area (Å²) >= 11 is 0. The SMILES string of the molecule is CCC(N)Cc1cn(C2CCOC2)cn1. The smallest absolute Gasteiger partial charge is 0.0952 e. The molecule has 1 aromatic heterocycles. The highest BCUT2D eigenvalue weighted by atomic mass is 16.5. The minimum atomic E-state index is 0.230. The molecule has 84 valence electrons. The summed E-state index contributed by atoms with van der Waals surface area (Å²) in [5.74, 6) is 0. The number of hydrogen-bond acceptors (Lipinski definition) is 3. The molecule has 1 aliphatic rings. The lowest BCUT2D eigenvalue weighted by Crippen LogP contribution is -2.21. The Morgan fingerprint density at radius 1 is 1.73 bits per heavy atom. The van der Waals surface area contributed by atoms with Crippen molar-refractivity contribution in [1.82, 2.24) is 9.55 Å². The quantitative estimate of drug-likeness (QED) is 0.808. The second-order valence-corrected chi connectivity index (χ2v) is 4.20. The van der Waals surface area contributed by atoms with Gasteiger partial charge in [-0.05, 0) is 12.8 Å². The number of hydrogen-bond donors (Lipinski definition) is 1. The average Bonchev–Trinajstić information content (AvgIpc) is 2.85. The molecule has 4 heteroatoms. The van der Waals surface area contributed by atoms with E-state index in [9.17, 15) is 0 Å². The van der Waals surface area contributed by atoms with Gasteiger partial charge >= 0.3 is 0 Å². The molecule has 2 rings (SSSR count). The Kier molecular flexibility index (Phi) is 3.38. The lowest BCUT2D eigenvalue weighted by Gasteiger charge is -2.08. The van der Waals surface area contributed by atoms with Crippen LogP contribution in [-0.4, -0.2) is 28.8 Å². The van der Waals surface area contributed by atoms with Gasteiger partial charge < -0.3 is 15.0 Å². The monoisotopic (exact) mass is 209 g/mol. The number of nitrogens with two attached hydrogens (primary N) is 1. The third-order valence-electron chi connectivity index (χ3n) is 2.98. The minimum absolute atomic E-state index is 0.230. The summed E-state index contributed by atoms with van der Waals surface area (Å²) in [5, 5.41) is 0. The van der Waals surface area contributed by atoms with Crippen LogP contribution in [0.4, 0.5) is 0 Å². The van der Waals surface area contributed by atoms with Gasteiger partial charge in [-0.3, -0.25) is 0 Å². The number of rotatable bonds is 4. The second kappa shape index (κ2) is 4.77. The molecular formula is C11H19N3O. The summed E-state index contributed by atoms with van der Waals surface area (Å²) in [6.45, 7) is 3.79. The molecule has 1 fully saturated rings. The van der Waals surface area contributed by atoms with Crippen molar-refractivity contribution in [2.75, 3.05) is 13.2 Å². The number of aromatic nitrogens is 2. The highest BCUT2D eigenvalue weighted by Gasteiger charge is 2.17. The van der Waals surface area contributed by atoms with Crippen molar-refractivity contribution in [2.24, 2.45) is 5.73 Å². The van der Waals surface area contributed by atoms with Crippen LogP contribution < -0.4 is 5.73 Å². The molecule has 4 nitrogen and oxygen atoms in total. The van der Waals surface area contributed by atoms with Gasteiger partial charge in [0.25, 0.3) is 0 Å². The molecule has 2 atom stereocenters. The first-order chi connectivity index (χ1) is 7.29. The molecule has 0 amide bonds. The fourth-order valence-corrected chi connectivity index (χ4v) is 1.85. The van der Waals surface area contributed by atoms with Gasteiger partial charge in [0.15, 0.2) is 0 Å². The Bertz CT molecular complexity index is 305. The molecule has 2 N–H and O–H groups in total. The Labute approximate surface area is 90.4 Å². The zero-order chi connectivity index (χ0) is 10.7. The summed E-state index contributed by atoms with van der Waals surface area (Å²) in [6, 6.07) is 0.706. The van der Waals surface area contributed by atoms with E-state index in [1.165, 1.54) is 0 Å². The van der Waals surface area contributed by atoms with Gasteiger partial charge in [0.05, 0.1) is 24.7 Å². The fraction of sp³-hybridized carbons (Fsp3) is 0.727. The molecule has 0 aliphatic carbocycles. The van der Waals surface area contributed by atoms with Gasteiger partial charge in [-0.25, -0.2) is 4.98 Å². The molecular weight excluding hydrogens is 190 g/mol. The third-order valence-corrected chi connectivity index (χ3v) is 2.98. The van der Waals surface area contributed by atoms with Crippen LogP contribution in [0, 0.1) is 0 Å². The predicted octanol–water partition coefficient (Wildman–Crippen LogP) is 1.12. The van der Waals surface area contributed by atoms with Gasteiger partial charge in [-0.15, -0.1) is 0 Å². The summed E-state index contributed by atoms with van der Waals surface area (Å²) in [7, 11) is 0. The molecule has 15 heavy (non-hydrogen) atoms. The molecule has 1 aromatic rings. The first-order valence-corrected chi connectivity index (χ1v) is 5.65. The Morgan fingerprint density at radius 2 is 2.60 bits per heavy atom. The summed E-state index contributed by atoms with van der Waals surface area (Å²) < 4.78 is 7.51. The maximum absolute atomic E-state index is 5.89. The Balaban J connectivity index is 1.97. The highest BCUT2D eigenvalue weighted by Crippen LogP contribution is 2.18. The van der Waals surface area contributed by atoms with Crippen molar-refractivity contribution < 1.29 is 4.74 Å². The first kappa shape index (κ1) is 10.6. The van der Waals surface area contributed by atoms with E-state index in [2.05, 4.69) is 22.7 Å². The van der Waals surface area contributed by atoms with E-state index in [0.29, 0.717) is 6.04 Å². The zero-order valence-electron chi connectivity index (χ0n) is 9.22. The second-order valence-electron chi connectivity index (χ2n) is 4.20. The largest absolute Gasteiger partial charge is 0.379 e. The lowest BCUT2D eigenvalue weighted by atomic mass is 10.1. The van der Waals surface area contributed by atoms with Crippen molar-refractivity contribution in [1.29, 1.82) is 0 Å². The summed E-state index contributed by atoms with van der Waals surface area (Å²) in [6.07, 6.45) is 6.97. The summed E-state index contributed by atoms with van der Waals surface area (Å²) in [4.78, 5) is 4.38. The molecule has 0 spiro atoms. The van der Waals surface area contributed by atoms with Crippen LogP contribution in [0.3, 0.4) is 0 Å². The van der Waals surface area contributed by atoms with Gasteiger partial charge in [-0.1, -0.05) is 6.92 Å². The minimum Gasteiger partial charge on any atom is -0.379 e. The maximum Gasteiger partial charge on any atom is 0.0952 e. The Hall–Kier alpha value is -0.870. The molecule has 2 heterocycles. The molecule has 2 unspecified atom stereocenters. The lowest BCUT2D eigenvalue weighted by molar-refractivity contribution is 0.186. The van der Waals surface area contributed by atoms with E-state index >= 15 is 0 Å². The first-order valence-electron chi connectivity index (χ1n) is 5.65. The summed E-state index contributed by atoms with van der Waals surface area (Å²) in [5.41, 5.74) is 6.99. The number of ether oxygens (including phenoxy) is 1.